The van der Waals surface area contributed by atoms with E-state index in [1.54, 1.807) is 12.0 Å². The van der Waals surface area contributed by atoms with Gasteiger partial charge in [-0.25, -0.2) is 0 Å². The first-order valence-corrected chi connectivity index (χ1v) is 8.23. The van der Waals surface area contributed by atoms with Crippen LogP contribution in [0.4, 0.5) is 0 Å². The van der Waals surface area contributed by atoms with Gasteiger partial charge >= 0.3 is 0 Å². The quantitative estimate of drug-likeness (QED) is 0.786. The second-order valence-electron chi connectivity index (χ2n) is 6.36. The second kappa shape index (κ2) is 8.26. The molecule has 1 heterocycles. The molecule has 24 heavy (non-hydrogen) atoms. The molecule has 132 valence electrons. The molecule has 0 saturated carbocycles. The number of hydrogen-bond donors (Lipinski definition) is 2. The Hall–Kier alpha value is -1.92. The highest BCUT2D eigenvalue weighted by molar-refractivity contribution is 5.80. The normalized spacial score (nSPS) is 20.2. The molecule has 6 heteroatoms. The molecule has 0 aromatic heterocycles. The van der Waals surface area contributed by atoms with Crippen LogP contribution in [0.15, 0.2) is 24.3 Å². The lowest BCUT2D eigenvalue weighted by Crippen LogP contribution is -2.52. The predicted molar refractivity (Wildman–Crippen MR) is 90.1 cm³/mol. The summed E-state index contributed by atoms with van der Waals surface area (Å²) in [6.07, 6.45) is 1.91. The number of rotatable bonds is 7. The molecular weight excluding hydrogens is 308 g/mol. The van der Waals surface area contributed by atoms with E-state index in [0.717, 1.165) is 24.0 Å². The molecule has 1 aliphatic heterocycles. The fourth-order valence-electron chi connectivity index (χ4n) is 3.41. The van der Waals surface area contributed by atoms with E-state index < -0.39 is 5.54 Å². The molecule has 1 aromatic rings. The molecule has 0 radical (unpaired) electrons. The van der Waals surface area contributed by atoms with Crippen LogP contribution in [0.2, 0.25) is 0 Å². The van der Waals surface area contributed by atoms with Crippen LogP contribution in [0, 0.1) is 0 Å². The van der Waals surface area contributed by atoms with Crippen LogP contribution in [-0.4, -0.2) is 47.6 Å². The minimum atomic E-state index is -0.536. The molecular formula is C18H26N2O4. The minimum absolute atomic E-state index is 0.00700. The number of benzene rings is 1. The average Bonchev–Trinajstić information content (AvgIpc) is 2.97. The summed E-state index contributed by atoms with van der Waals surface area (Å²) < 4.78 is 5.30. The molecule has 1 atom stereocenters. The maximum absolute atomic E-state index is 12.4. The first kappa shape index (κ1) is 18.4. The number of ether oxygens (including phenoxy) is 1. The molecule has 0 aliphatic carbocycles. The van der Waals surface area contributed by atoms with Crippen molar-refractivity contribution in [1.82, 2.24) is 10.2 Å². The first-order chi connectivity index (χ1) is 11.5. The molecule has 0 spiro atoms. The van der Waals surface area contributed by atoms with Crippen molar-refractivity contribution in [1.29, 1.82) is 0 Å². The minimum Gasteiger partial charge on any atom is -0.392 e. The van der Waals surface area contributed by atoms with Gasteiger partial charge in [-0.05, 0) is 24.0 Å². The van der Waals surface area contributed by atoms with Crippen LogP contribution in [0.3, 0.4) is 0 Å². The topological polar surface area (TPSA) is 78.9 Å². The van der Waals surface area contributed by atoms with Crippen LogP contribution >= 0.6 is 0 Å². The molecule has 1 saturated heterocycles. The van der Waals surface area contributed by atoms with Crippen molar-refractivity contribution >= 4 is 11.8 Å². The number of carbonyl (C=O) groups is 2. The lowest BCUT2D eigenvalue weighted by Gasteiger charge is -2.37. The van der Waals surface area contributed by atoms with Crippen molar-refractivity contribution in [3.8, 4) is 0 Å². The lowest BCUT2D eigenvalue weighted by atomic mass is 9.92. The summed E-state index contributed by atoms with van der Waals surface area (Å²) in [5.74, 6) is -0.108. The van der Waals surface area contributed by atoms with Gasteiger partial charge in [0.1, 0.15) is 0 Å². The number of likely N-dealkylation sites (tertiary alicyclic amines) is 1. The molecule has 2 rings (SSSR count). The third-order valence-corrected chi connectivity index (χ3v) is 4.57. The maximum Gasteiger partial charge on any atom is 0.222 e. The number of carbonyl (C=O) groups excluding carboxylic acids is 2. The Bertz CT molecular complexity index is 573. The number of amides is 2. The van der Waals surface area contributed by atoms with E-state index in [0.29, 0.717) is 19.7 Å². The molecule has 6 nitrogen and oxygen atoms in total. The standard InChI is InChI=1S/C18H26N2O4/c1-14(22)20-9-3-8-18(20,13-24-2)10-17(23)19-11-15-4-6-16(12-21)7-5-15/h4-7,21H,3,8-13H2,1-2H3,(H,19,23). The van der Waals surface area contributed by atoms with Gasteiger partial charge in [0, 0.05) is 27.1 Å². The summed E-state index contributed by atoms with van der Waals surface area (Å²) in [4.78, 5) is 26.0. The third-order valence-electron chi connectivity index (χ3n) is 4.57. The van der Waals surface area contributed by atoms with E-state index in [9.17, 15) is 9.59 Å². The van der Waals surface area contributed by atoms with Crippen molar-refractivity contribution in [3.05, 3.63) is 35.4 Å². The van der Waals surface area contributed by atoms with E-state index in [1.165, 1.54) is 6.92 Å². The highest BCUT2D eigenvalue weighted by Gasteiger charge is 2.44. The zero-order valence-electron chi connectivity index (χ0n) is 14.4. The summed E-state index contributed by atoms with van der Waals surface area (Å²) in [7, 11) is 1.60. The Morgan fingerprint density at radius 3 is 2.54 bits per heavy atom. The fourth-order valence-corrected chi connectivity index (χ4v) is 3.41. The summed E-state index contributed by atoms with van der Waals surface area (Å²) in [5, 5.41) is 12.0. The predicted octanol–water partition coefficient (Wildman–Crippen LogP) is 1.21. The Morgan fingerprint density at radius 2 is 1.96 bits per heavy atom. The van der Waals surface area contributed by atoms with Crippen molar-refractivity contribution in [2.24, 2.45) is 0 Å². The van der Waals surface area contributed by atoms with Gasteiger partial charge in [0.15, 0.2) is 0 Å². The first-order valence-electron chi connectivity index (χ1n) is 8.23. The van der Waals surface area contributed by atoms with E-state index >= 15 is 0 Å². The van der Waals surface area contributed by atoms with E-state index in [1.807, 2.05) is 24.3 Å². The number of aliphatic hydroxyl groups excluding tert-OH is 1. The van der Waals surface area contributed by atoms with Crippen LogP contribution in [0.1, 0.15) is 37.3 Å². The molecule has 1 aromatic carbocycles. The third kappa shape index (κ3) is 4.33. The Kier molecular flexibility index (Phi) is 6.34. The van der Waals surface area contributed by atoms with Crippen LogP contribution in [0.5, 0.6) is 0 Å². The highest BCUT2D eigenvalue weighted by Crippen LogP contribution is 2.33. The van der Waals surface area contributed by atoms with Gasteiger partial charge in [0.05, 0.1) is 25.2 Å². The molecule has 2 N–H and O–H groups in total. The van der Waals surface area contributed by atoms with Gasteiger partial charge in [-0.15, -0.1) is 0 Å². The number of nitrogens with one attached hydrogen (secondary N) is 1. The maximum atomic E-state index is 12.4. The lowest BCUT2D eigenvalue weighted by molar-refractivity contribution is -0.137. The summed E-state index contributed by atoms with van der Waals surface area (Å²) in [5.41, 5.74) is 1.27. The van der Waals surface area contributed by atoms with Crippen molar-refractivity contribution in [2.75, 3.05) is 20.3 Å². The SMILES string of the molecule is COCC1(CC(=O)NCc2ccc(CO)cc2)CCCN1C(C)=O. The van der Waals surface area contributed by atoms with Crippen molar-refractivity contribution < 1.29 is 19.4 Å². The molecule has 2 amide bonds. The number of aliphatic hydroxyl groups is 1. The zero-order valence-corrected chi connectivity index (χ0v) is 14.4. The molecule has 1 unspecified atom stereocenters. The highest BCUT2D eigenvalue weighted by atomic mass is 16.5. The summed E-state index contributed by atoms with van der Waals surface area (Å²) in [6, 6.07) is 7.44. The fraction of sp³-hybridized carbons (Fsp3) is 0.556. The molecule has 1 fully saturated rings. The van der Waals surface area contributed by atoms with E-state index in [4.69, 9.17) is 9.84 Å². The summed E-state index contributed by atoms with van der Waals surface area (Å²) in [6.45, 7) is 3.01. The van der Waals surface area contributed by atoms with Gasteiger partial charge < -0.3 is 20.1 Å². The Balaban J connectivity index is 1.96. The Morgan fingerprint density at radius 1 is 1.29 bits per heavy atom. The monoisotopic (exact) mass is 334 g/mol. The number of methoxy groups -OCH3 is 1. The van der Waals surface area contributed by atoms with Gasteiger partial charge in [-0.1, -0.05) is 24.3 Å². The number of hydrogen-bond acceptors (Lipinski definition) is 4. The van der Waals surface area contributed by atoms with Crippen molar-refractivity contribution in [2.45, 2.75) is 44.9 Å². The zero-order chi connectivity index (χ0) is 17.6. The van der Waals surface area contributed by atoms with Crippen molar-refractivity contribution in [3.63, 3.8) is 0 Å². The smallest absolute Gasteiger partial charge is 0.222 e. The number of nitrogens with zero attached hydrogens (tertiary/aromatic N) is 1. The Labute approximate surface area is 142 Å². The molecule has 1 aliphatic rings. The molecule has 0 bridgehead atoms. The average molecular weight is 334 g/mol. The van der Waals surface area contributed by atoms with Gasteiger partial charge in [-0.3, -0.25) is 9.59 Å². The van der Waals surface area contributed by atoms with Crippen LogP contribution in [0.25, 0.3) is 0 Å². The van der Waals surface area contributed by atoms with Crippen LogP contribution < -0.4 is 5.32 Å². The van der Waals surface area contributed by atoms with Gasteiger partial charge in [-0.2, -0.15) is 0 Å². The summed E-state index contributed by atoms with van der Waals surface area (Å²) >= 11 is 0. The van der Waals surface area contributed by atoms with E-state index in [-0.39, 0.29) is 24.8 Å². The largest absolute Gasteiger partial charge is 0.392 e. The van der Waals surface area contributed by atoms with E-state index in [2.05, 4.69) is 5.32 Å². The van der Waals surface area contributed by atoms with Gasteiger partial charge in [0.2, 0.25) is 11.8 Å². The van der Waals surface area contributed by atoms with Gasteiger partial charge in [0.25, 0.3) is 0 Å². The second-order valence-corrected chi connectivity index (χ2v) is 6.36. The van der Waals surface area contributed by atoms with Crippen LogP contribution in [-0.2, 0) is 27.5 Å².